The van der Waals surface area contributed by atoms with E-state index in [4.69, 9.17) is 0 Å². The summed E-state index contributed by atoms with van der Waals surface area (Å²) in [7, 11) is 0. The van der Waals surface area contributed by atoms with Crippen molar-refractivity contribution in [1.29, 1.82) is 0 Å². The maximum atomic E-state index is 2.21. The first-order valence-electron chi connectivity index (χ1n) is 2.69. The summed E-state index contributed by atoms with van der Waals surface area (Å²) in [6.07, 6.45) is 6.18. The molecule has 0 aliphatic heterocycles. The zero-order valence-corrected chi connectivity index (χ0v) is 8.78. The van der Waals surface area contributed by atoms with Crippen molar-refractivity contribution >= 4 is 23.1 Å². The molecule has 0 bridgehead atoms. The monoisotopic (exact) mass is 188 g/mol. The van der Waals surface area contributed by atoms with Crippen LogP contribution in [0.25, 0.3) is 0 Å². The van der Waals surface area contributed by atoms with Gasteiger partial charge in [0.05, 0.1) is 0 Å². The third-order valence-corrected chi connectivity index (χ3v) is 0.846. The molecule has 0 saturated heterocycles. The number of unbranched alkanes of at least 4 members (excludes halogenated alkanes) is 3. The summed E-state index contributed by atoms with van der Waals surface area (Å²) in [6, 6.07) is 0. The van der Waals surface area contributed by atoms with Crippen molar-refractivity contribution < 1.29 is 17.0 Å². The van der Waals surface area contributed by atoms with Gasteiger partial charge in [0.1, 0.15) is 0 Å². The van der Waals surface area contributed by atoms with Crippen LogP contribution < -0.4 is 17.0 Å². The molecule has 0 N–H and O–H groups in total. The molecule has 0 radical (unpaired) electrons. The van der Waals surface area contributed by atoms with Crippen molar-refractivity contribution in [3.05, 3.63) is 6.42 Å². The van der Waals surface area contributed by atoms with Gasteiger partial charge in [0.25, 0.3) is 0 Å². The third kappa shape index (κ3) is 15.7. The van der Waals surface area contributed by atoms with Crippen LogP contribution in [0, 0.1) is 6.42 Å². The van der Waals surface area contributed by atoms with Gasteiger partial charge in [-0.05, 0) is 0 Å². The molecule has 0 aromatic carbocycles. The second kappa shape index (κ2) is 15.7. The van der Waals surface area contributed by atoms with Crippen molar-refractivity contribution in [1.82, 2.24) is 0 Å². The van der Waals surface area contributed by atoms with Gasteiger partial charge in [-0.3, -0.25) is 0 Å². The molecule has 0 rings (SSSR count). The van der Waals surface area contributed by atoms with E-state index in [2.05, 4.69) is 20.3 Å². The fraction of sp³-hybridized carbons (Fsp3) is 0.833. The van der Waals surface area contributed by atoms with E-state index in [-0.39, 0.29) is 40.0 Å². The Labute approximate surface area is 79.3 Å². The fourth-order valence-corrected chi connectivity index (χ4v) is 0.408. The van der Waals surface area contributed by atoms with E-state index in [0.29, 0.717) is 0 Å². The van der Waals surface area contributed by atoms with Crippen molar-refractivity contribution in [2.24, 2.45) is 0 Å². The van der Waals surface area contributed by atoms with Crippen LogP contribution in [0.3, 0.4) is 0 Å². The molecule has 0 atom stereocenters. The Kier molecular flexibility index (Phi) is 31.7. The quantitative estimate of drug-likeness (QED) is 0.304. The molecular weight excluding hydrogens is 176 g/mol. The van der Waals surface area contributed by atoms with Crippen LogP contribution in [-0.4, -0.2) is 23.1 Å². The molecular formula is C6H13BrMg. The first-order valence-corrected chi connectivity index (χ1v) is 2.69. The molecule has 0 saturated carbocycles. The van der Waals surface area contributed by atoms with Gasteiger partial charge >= 0.3 is 23.1 Å². The van der Waals surface area contributed by atoms with E-state index in [1.165, 1.54) is 19.3 Å². The van der Waals surface area contributed by atoms with Gasteiger partial charge in [0.15, 0.2) is 0 Å². The topological polar surface area (TPSA) is 0 Å². The molecule has 0 aromatic rings. The normalized spacial score (nSPS) is 6.75. The molecule has 0 aromatic heterocycles. The van der Waals surface area contributed by atoms with Crippen LogP contribution in [0.2, 0.25) is 0 Å². The van der Waals surface area contributed by atoms with Gasteiger partial charge in [0, 0.05) is 0 Å². The average molecular weight is 189 g/mol. The summed E-state index contributed by atoms with van der Waals surface area (Å²) in [5.74, 6) is 0. The van der Waals surface area contributed by atoms with Crippen LogP contribution in [0.1, 0.15) is 33.1 Å². The van der Waals surface area contributed by atoms with Crippen LogP contribution >= 0.6 is 0 Å². The van der Waals surface area contributed by atoms with E-state index >= 15 is 0 Å². The Morgan fingerprint density at radius 2 is 1.88 bits per heavy atom. The second-order valence-electron chi connectivity index (χ2n) is 1.55. The Hall–Kier alpha value is 1.25. The minimum absolute atomic E-state index is 0. The van der Waals surface area contributed by atoms with Gasteiger partial charge in [-0.2, -0.15) is 13.3 Å². The van der Waals surface area contributed by atoms with Crippen LogP contribution in [0.15, 0.2) is 0 Å². The van der Waals surface area contributed by atoms with Crippen molar-refractivity contribution in [3.63, 3.8) is 0 Å². The van der Waals surface area contributed by atoms with E-state index in [1.54, 1.807) is 0 Å². The maximum Gasteiger partial charge on any atom is 2.00 e. The van der Waals surface area contributed by atoms with Gasteiger partial charge < -0.3 is 23.4 Å². The molecule has 46 valence electrons. The molecule has 0 aliphatic rings. The van der Waals surface area contributed by atoms with Crippen molar-refractivity contribution in [3.8, 4) is 0 Å². The molecule has 8 heavy (non-hydrogen) atoms. The summed E-state index contributed by atoms with van der Waals surface area (Å²) in [5, 5.41) is 0. The van der Waals surface area contributed by atoms with Crippen molar-refractivity contribution in [2.75, 3.05) is 0 Å². The zero-order valence-electron chi connectivity index (χ0n) is 5.78. The SMILES string of the molecule is C[CH-]CCCC.[Br-].[Mg+2]. The Morgan fingerprint density at radius 3 is 2.00 bits per heavy atom. The predicted octanol–water partition coefficient (Wildman–Crippen LogP) is -0.976. The standard InChI is InChI=1S/C6H13.BrH.Mg/c1-3-5-6-4-2;;/h3H,4-6H2,1-2H3;1H;/q-1;;+2/p-1. The van der Waals surface area contributed by atoms with Gasteiger partial charge in [-0.15, -0.1) is 0 Å². The van der Waals surface area contributed by atoms with E-state index in [9.17, 15) is 0 Å². The summed E-state index contributed by atoms with van der Waals surface area (Å²) >= 11 is 0. The minimum Gasteiger partial charge on any atom is -1.00 e. The number of hydrogen-bond donors (Lipinski definition) is 0. The van der Waals surface area contributed by atoms with E-state index < -0.39 is 0 Å². The molecule has 0 nitrogen and oxygen atoms in total. The number of rotatable bonds is 3. The zero-order chi connectivity index (χ0) is 4.83. The van der Waals surface area contributed by atoms with Gasteiger partial charge in [-0.25, -0.2) is 0 Å². The number of hydrogen-bond acceptors (Lipinski definition) is 0. The summed E-state index contributed by atoms with van der Waals surface area (Å²) < 4.78 is 0. The van der Waals surface area contributed by atoms with Crippen LogP contribution in [0.4, 0.5) is 0 Å². The number of halogens is 1. The molecule has 0 amide bonds. The van der Waals surface area contributed by atoms with Gasteiger partial charge in [-0.1, -0.05) is 19.8 Å². The molecule has 2 heteroatoms. The molecule has 0 heterocycles. The molecule has 0 unspecified atom stereocenters. The predicted molar refractivity (Wildman–Crippen MR) is 35.3 cm³/mol. The van der Waals surface area contributed by atoms with Crippen LogP contribution in [-0.2, 0) is 0 Å². The second-order valence-corrected chi connectivity index (χ2v) is 1.55. The summed E-state index contributed by atoms with van der Waals surface area (Å²) in [5.41, 5.74) is 0. The first-order chi connectivity index (χ1) is 2.91. The fourth-order valence-electron chi connectivity index (χ4n) is 0.408. The Morgan fingerprint density at radius 1 is 1.38 bits per heavy atom. The molecule has 0 spiro atoms. The molecule has 0 aliphatic carbocycles. The maximum absolute atomic E-state index is 2.21. The largest absolute Gasteiger partial charge is 2.00 e. The van der Waals surface area contributed by atoms with Crippen molar-refractivity contribution in [2.45, 2.75) is 33.1 Å². The summed E-state index contributed by atoms with van der Waals surface area (Å²) in [4.78, 5) is 0. The Bertz CT molecular complexity index is 20.5. The summed E-state index contributed by atoms with van der Waals surface area (Å²) in [6.45, 7) is 4.32. The minimum atomic E-state index is 0. The third-order valence-electron chi connectivity index (χ3n) is 0.846. The first kappa shape index (κ1) is 16.1. The van der Waals surface area contributed by atoms with Crippen LogP contribution in [0.5, 0.6) is 0 Å². The van der Waals surface area contributed by atoms with Gasteiger partial charge in [0.2, 0.25) is 0 Å². The smallest absolute Gasteiger partial charge is 1.00 e. The Balaban J connectivity index is -0.000000125. The van der Waals surface area contributed by atoms with E-state index in [0.717, 1.165) is 0 Å². The average Bonchev–Trinajstić information content (AvgIpc) is 1.61. The molecule has 0 fully saturated rings. The van der Waals surface area contributed by atoms with E-state index in [1.807, 2.05) is 0 Å².